The maximum absolute atomic E-state index is 12.5. The molecule has 2 rings (SSSR count). The van der Waals surface area contributed by atoms with Crippen LogP contribution in [-0.4, -0.2) is 32.5 Å². The average molecular weight is 331 g/mol. The fraction of sp³-hybridized carbons (Fsp3) is 0.278. The first-order chi connectivity index (χ1) is 11.3. The Morgan fingerprint density at radius 2 is 1.83 bits per heavy atom. The molecule has 0 unspecified atom stereocenters. The Morgan fingerprint density at radius 3 is 2.61 bits per heavy atom. The number of hydrogen-bond acceptors (Lipinski definition) is 4. The normalized spacial score (nSPS) is 10.3. The number of carbonyl (C=O) groups excluding carboxylic acids is 1. The van der Waals surface area contributed by atoms with Crippen molar-refractivity contribution in [2.75, 3.05) is 26.6 Å². The molecule has 2 aromatic rings. The van der Waals surface area contributed by atoms with E-state index in [1.807, 2.05) is 48.5 Å². The van der Waals surface area contributed by atoms with Gasteiger partial charge in [0.15, 0.2) is 0 Å². The van der Waals surface area contributed by atoms with Crippen molar-refractivity contribution in [3.05, 3.63) is 59.7 Å². The number of nitrogens with one attached hydrogen (secondary N) is 1. The zero-order valence-corrected chi connectivity index (χ0v) is 14.2. The van der Waals surface area contributed by atoms with Crippen LogP contribution in [0.2, 0.25) is 0 Å². The maximum atomic E-state index is 12.5. The third kappa shape index (κ3) is 5.01. The van der Waals surface area contributed by atoms with Gasteiger partial charge in [0.05, 0.1) is 19.3 Å². The summed E-state index contributed by atoms with van der Waals surface area (Å²) < 4.78 is 10.4. The molecule has 0 spiro atoms. The second-order valence-corrected chi connectivity index (χ2v) is 5.97. The lowest BCUT2D eigenvalue weighted by atomic mass is 10.1. The standard InChI is InChI=1S/C18H21NO3S/c1-21-11-12-23-17-10-6-4-8-15(17)18(20)19-13-14-7-3-5-9-16(14)22-2/h3-10H,11-13H2,1-2H3,(H,19,20). The van der Waals surface area contributed by atoms with E-state index in [4.69, 9.17) is 9.47 Å². The van der Waals surface area contributed by atoms with E-state index >= 15 is 0 Å². The molecule has 0 saturated heterocycles. The molecule has 0 aliphatic rings. The van der Waals surface area contributed by atoms with E-state index < -0.39 is 0 Å². The van der Waals surface area contributed by atoms with Crippen LogP contribution in [0.4, 0.5) is 0 Å². The SMILES string of the molecule is COCCSc1ccccc1C(=O)NCc1ccccc1OC. The number of amides is 1. The van der Waals surface area contributed by atoms with Crippen LogP contribution in [-0.2, 0) is 11.3 Å². The van der Waals surface area contributed by atoms with Gasteiger partial charge < -0.3 is 14.8 Å². The Labute approximate surface area is 141 Å². The minimum absolute atomic E-state index is 0.0866. The second kappa shape index (κ2) is 9.22. The van der Waals surface area contributed by atoms with Crippen molar-refractivity contribution in [1.29, 1.82) is 0 Å². The maximum Gasteiger partial charge on any atom is 0.252 e. The third-order valence-corrected chi connectivity index (χ3v) is 4.35. The van der Waals surface area contributed by atoms with Crippen LogP contribution in [0.15, 0.2) is 53.4 Å². The van der Waals surface area contributed by atoms with Crippen molar-refractivity contribution in [2.45, 2.75) is 11.4 Å². The average Bonchev–Trinajstić information content (AvgIpc) is 2.60. The number of methoxy groups -OCH3 is 2. The van der Waals surface area contributed by atoms with Crippen molar-refractivity contribution in [2.24, 2.45) is 0 Å². The van der Waals surface area contributed by atoms with Crippen molar-refractivity contribution >= 4 is 17.7 Å². The molecule has 1 N–H and O–H groups in total. The van der Waals surface area contributed by atoms with E-state index in [0.29, 0.717) is 18.7 Å². The van der Waals surface area contributed by atoms with Gasteiger partial charge in [0.2, 0.25) is 0 Å². The van der Waals surface area contributed by atoms with Gasteiger partial charge in [0, 0.05) is 29.9 Å². The number of rotatable bonds is 8. The predicted octanol–water partition coefficient (Wildman–Crippen LogP) is 3.36. The van der Waals surface area contributed by atoms with Crippen molar-refractivity contribution in [1.82, 2.24) is 5.32 Å². The first kappa shape index (κ1) is 17.4. The van der Waals surface area contributed by atoms with Crippen molar-refractivity contribution < 1.29 is 14.3 Å². The second-order valence-electron chi connectivity index (χ2n) is 4.83. The summed E-state index contributed by atoms with van der Waals surface area (Å²) in [5.74, 6) is 1.50. The van der Waals surface area contributed by atoms with Crippen molar-refractivity contribution in [3.8, 4) is 5.75 Å². The Balaban J connectivity index is 2.03. The molecule has 0 aliphatic heterocycles. The first-order valence-corrected chi connectivity index (χ1v) is 8.35. The summed E-state index contributed by atoms with van der Waals surface area (Å²) in [6, 6.07) is 15.3. The molecule has 0 atom stereocenters. The highest BCUT2D eigenvalue weighted by atomic mass is 32.2. The number of para-hydroxylation sites is 1. The molecule has 23 heavy (non-hydrogen) atoms. The highest BCUT2D eigenvalue weighted by Crippen LogP contribution is 2.23. The lowest BCUT2D eigenvalue weighted by Gasteiger charge is -2.11. The zero-order valence-electron chi connectivity index (χ0n) is 13.4. The van der Waals surface area contributed by atoms with Gasteiger partial charge in [-0.1, -0.05) is 30.3 Å². The van der Waals surface area contributed by atoms with Gasteiger partial charge in [-0.15, -0.1) is 11.8 Å². The van der Waals surface area contributed by atoms with Crippen LogP contribution in [0, 0.1) is 0 Å². The topological polar surface area (TPSA) is 47.6 Å². The molecule has 2 aromatic carbocycles. The van der Waals surface area contributed by atoms with Crippen LogP contribution in [0.3, 0.4) is 0 Å². The summed E-state index contributed by atoms with van der Waals surface area (Å²) in [4.78, 5) is 13.4. The van der Waals surface area contributed by atoms with Gasteiger partial charge in [-0.25, -0.2) is 0 Å². The largest absolute Gasteiger partial charge is 0.496 e. The smallest absolute Gasteiger partial charge is 0.252 e. The minimum atomic E-state index is -0.0866. The zero-order chi connectivity index (χ0) is 16.5. The summed E-state index contributed by atoms with van der Waals surface area (Å²) in [5, 5.41) is 2.96. The van der Waals surface area contributed by atoms with Crippen molar-refractivity contribution in [3.63, 3.8) is 0 Å². The van der Waals surface area contributed by atoms with Gasteiger partial charge in [-0.3, -0.25) is 4.79 Å². The molecule has 1 amide bonds. The molecule has 5 heteroatoms. The quantitative estimate of drug-likeness (QED) is 0.595. The number of thioether (sulfide) groups is 1. The number of ether oxygens (including phenoxy) is 2. The van der Waals surface area contributed by atoms with Gasteiger partial charge >= 0.3 is 0 Å². The summed E-state index contributed by atoms with van der Waals surface area (Å²) in [6.07, 6.45) is 0. The van der Waals surface area contributed by atoms with E-state index in [9.17, 15) is 4.79 Å². The summed E-state index contributed by atoms with van der Waals surface area (Å²) in [7, 11) is 3.30. The summed E-state index contributed by atoms with van der Waals surface area (Å²) in [5.41, 5.74) is 1.64. The molecule has 0 radical (unpaired) electrons. The number of carbonyl (C=O) groups is 1. The molecule has 122 valence electrons. The molecule has 0 bridgehead atoms. The van der Waals surface area contributed by atoms with Crippen LogP contribution in [0.5, 0.6) is 5.75 Å². The van der Waals surface area contributed by atoms with E-state index in [1.54, 1.807) is 26.0 Å². The predicted molar refractivity (Wildman–Crippen MR) is 93.2 cm³/mol. The fourth-order valence-electron chi connectivity index (χ4n) is 2.13. The Morgan fingerprint density at radius 1 is 1.09 bits per heavy atom. The minimum Gasteiger partial charge on any atom is -0.496 e. The Kier molecular flexibility index (Phi) is 6.97. The van der Waals surface area contributed by atoms with E-state index in [0.717, 1.165) is 22.0 Å². The molecule has 4 nitrogen and oxygen atoms in total. The highest BCUT2D eigenvalue weighted by Gasteiger charge is 2.12. The highest BCUT2D eigenvalue weighted by molar-refractivity contribution is 7.99. The van der Waals surface area contributed by atoms with Gasteiger partial charge in [0.1, 0.15) is 5.75 Å². The third-order valence-electron chi connectivity index (χ3n) is 3.31. The van der Waals surface area contributed by atoms with Crippen LogP contribution >= 0.6 is 11.8 Å². The van der Waals surface area contributed by atoms with Gasteiger partial charge in [-0.05, 0) is 18.2 Å². The molecular weight excluding hydrogens is 310 g/mol. The fourth-order valence-corrected chi connectivity index (χ4v) is 3.10. The molecule has 0 saturated carbocycles. The lowest BCUT2D eigenvalue weighted by molar-refractivity contribution is 0.0947. The molecular formula is C18H21NO3S. The molecule has 0 fully saturated rings. The molecule has 0 heterocycles. The monoisotopic (exact) mass is 331 g/mol. The Hall–Kier alpha value is -1.98. The van der Waals surface area contributed by atoms with E-state index in [1.165, 1.54) is 0 Å². The van der Waals surface area contributed by atoms with Crippen LogP contribution < -0.4 is 10.1 Å². The van der Waals surface area contributed by atoms with Gasteiger partial charge in [0.25, 0.3) is 5.91 Å². The first-order valence-electron chi connectivity index (χ1n) is 7.37. The van der Waals surface area contributed by atoms with Crippen LogP contribution in [0.1, 0.15) is 15.9 Å². The Bertz CT molecular complexity index is 646. The number of hydrogen-bond donors (Lipinski definition) is 1. The molecule has 0 aliphatic carbocycles. The molecule has 0 aromatic heterocycles. The summed E-state index contributed by atoms with van der Waals surface area (Å²) in [6.45, 7) is 1.09. The number of benzene rings is 2. The van der Waals surface area contributed by atoms with E-state index in [2.05, 4.69) is 5.32 Å². The lowest BCUT2D eigenvalue weighted by Crippen LogP contribution is -2.23. The van der Waals surface area contributed by atoms with Crippen LogP contribution in [0.25, 0.3) is 0 Å². The van der Waals surface area contributed by atoms with E-state index in [-0.39, 0.29) is 5.91 Å². The summed E-state index contributed by atoms with van der Waals surface area (Å²) >= 11 is 1.62. The van der Waals surface area contributed by atoms with Gasteiger partial charge in [-0.2, -0.15) is 0 Å².